The van der Waals surface area contributed by atoms with E-state index in [9.17, 15) is 14.6 Å². The van der Waals surface area contributed by atoms with E-state index in [2.05, 4.69) is 5.32 Å². The van der Waals surface area contributed by atoms with Gasteiger partial charge < -0.3 is 15.1 Å². The van der Waals surface area contributed by atoms with Gasteiger partial charge in [-0.3, -0.25) is 14.6 Å². The lowest BCUT2D eigenvalue weighted by Gasteiger charge is -2.23. The fourth-order valence-corrected chi connectivity index (χ4v) is 1.34. The maximum absolute atomic E-state index is 11.3. The Bertz CT molecular complexity index is 267. The summed E-state index contributed by atoms with van der Waals surface area (Å²) >= 11 is 0. The van der Waals surface area contributed by atoms with Crippen molar-refractivity contribution in [2.24, 2.45) is 0 Å². The van der Waals surface area contributed by atoms with Crippen molar-refractivity contribution in [1.82, 2.24) is 10.4 Å². The molecule has 96 valence electrons. The van der Waals surface area contributed by atoms with Crippen molar-refractivity contribution >= 4 is 13.5 Å². The third-order valence-electron chi connectivity index (χ3n) is 2.08. The van der Waals surface area contributed by atoms with E-state index in [1.807, 2.05) is 6.92 Å². The molecule has 0 heterocycles. The fraction of sp³-hybridized carbons (Fsp3) is 0.875. The van der Waals surface area contributed by atoms with Gasteiger partial charge in [-0.1, -0.05) is 13.3 Å². The van der Waals surface area contributed by atoms with Crippen LogP contribution in [-0.2, 0) is 9.36 Å². The van der Waals surface area contributed by atoms with Crippen LogP contribution in [0.5, 0.6) is 0 Å². The molecule has 0 aromatic carbocycles. The summed E-state index contributed by atoms with van der Waals surface area (Å²) in [6.07, 6.45) is 1.87. The summed E-state index contributed by atoms with van der Waals surface area (Å²) in [5.41, 5.74) is 0. The second-order valence-corrected chi connectivity index (χ2v) is 5.42. The Hall–Kier alpha value is -0.460. The van der Waals surface area contributed by atoms with Crippen LogP contribution in [0.4, 0.5) is 0 Å². The maximum atomic E-state index is 11.3. The zero-order valence-electron chi connectivity index (χ0n) is 9.46. The monoisotopic (exact) mass is 254 g/mol. The number of hydrogen-bond donors (Lipinski definition) is 4. The molecule has 16 heavy (non-hydrogen) atoms. The summed E-state index contributed by atoms with van der Waals surface area (Å²) < 4.78 is 10.8. The molecule has 0 radical (unpaired) electrons. The van der Waals surface area contributed by atoms with E-state index in [0.717, 1.165) is 19.8 Å². The zero-order valence-corrected chi connectivity index (χ0v) is 10.4. The van der Waals surface area contributed by atoms with Gasteiger partial charge in [0, 0.05) is 0 Å². The van der Waals surface area contributed by atoms with Crippen LogP contribution in [0, 0.1) is 0 Å². The van der Waals surface area contributed by atoms with Gasteiger partial charge in [0.25, 0.3) is 5.91 Å². The summed E-state index contributed by atoms with van der Waals surface area (Å²) in [4.78, 5) is 28.8. The van der Waals surface area contributed by atoms with Gasteiger partial charge in [0.15, 0.2) is 5.78 Å². The standard InChI is InChI=1S/C8H19N2O5P/c1-3-4-5-9-6-8(11)10(12)7(2)16(13,14)15/h7,9,12H,3-6H2,1-2H3,(H2,13,14,15). The van der Waals surface area contributed by atoms with Crippen molar-refractivity contribution in [3.8, 4) is 0 Å². The van der Waals surface area contributed by atoms with Crippen LogP contribution in [0.3, 0.4) is 0 Å². The second-order valence-electron chi connectivity index (χ2n) is 3.49. The van der Waals surface area contributed by atoms with Crippen molar-refractivity contribution in [2.75, 3.05) is 13.1 Å². The van der Waals surface area contributed by atoms with Crippen LogP contribution in [0.15, 0.2) is 0 Å². The number of unbranched alkanes of at least 4 members (excludes halogenated alkanes) is 1. The molecule has 4 N–H and O–H groups in total. The number of nitrogens with zero attached hydrogens (tertiary/aromatic N) is 1. The van der Waals surface area contributed by atoms with Crippen molar-refractivity contribution < 1.29 is 24.4 Å². The van der Waals surface area contributed by atoms with Gasteiger partial charge in [0.1, 0.15) is 0 Å². The highest BCUT2D eigenvalue weighted by Crippen LogP contribution is 2.41. The van der Waals surface area contributed by atoms with Crippen LogP contribution in [0.1, 0.15) is 26.7 Å². The van der Waals surface area contributed by atoms with Crippen LogP contribution in [0.2, 0.25) is 0 Å². The number of amides is 1. The van der Waals surface area contributed by atoms with Gasteiger partial charge in [0.2, 0.25) is 0 Å². The van der Waals surface area contributed by atoms with E-state index < -0.39 is 19.3 Å². The van der Waals surface area contributed by atoms with Gasteiger partial charge in [-0.25, -0.2) is 5.06 Å². The molecule has 0 aliphatic carbocycles. The van der Waals surface area contributed by atoms with Gasteiger partial charge in [-0.05, 0) is 19.9 Å². The quantitative estimate of drug-likeness (QED) is 0.222. The Labute approximate surface area is 94.6 Å². The second kappa shape index (κ2) is 6.98. The van der Waals surface area contributed by atoms with E-state index >= 15 is 0 Å². The lowest BCUT2D eigenvalue weighted by Crippen LogP contribution is -2.41. The number of hydrogen-bond acceptors (Lipinski definition) is 4. The maximum Gasteiger partial charge on any atom is 0.350 e. The molecule has 0 fully saturated rings. The number of nitrogens with one attached hydrogen (secondary N) is 1. The first kappa shape index (κ1) is 15.5. The van der Waals surface area contributed by atoms with Gasteiger partial charge in [0.05, 0.1) is 6.54 Å². The molecule has 1 amide bonds. The molecule has 0 aromatic heterocycles. The first-order chi connectivity index (χ1) is 7.30. The van der Waals surface area contributed by atoms with Gasteiger partial charge in [-0.2, -0.15) is 0 Å². The summed E-state index contributed by atoms with van der Waals surface area (Å²) in [7, 11) is -4.48. The predicted octanol–water partition coefficient (Wildman–Crippen LogP) is 0.118. The topological polar surface area (TPSA) is 110 Å². The molecule has 8 heteroatoms. The first-order valence-electron chi connectivity index (χ1n) is 5.07. The molecule has 0 aliphatic rings. The lowest BCUT2D eigenvalue weighted by atomic mass is 10.3. The highest BCUT2D eigenvalue weighted by molar-refractivity contribution is 7.52. The van der Waals surface area contributed by atoms with E-state index in [-0.39, 0.29) is 11.6 Å². The predicted molar refractivity (Wildman–Crippen MR) is 57.9 cm³/mol. The molecular weight excluding hydrogens is 235 g/mol. The summed E-state index contributed by atoms with van der Waals surface area (Å²) in [5, 5.41) is 12.1. The summed E-state index contributed by atoms with van der Waals surface area (Å²) in [5.74, 6) is -2.28. The van der Waals surface area contributed by atoms with Crippen LogP contribution in [0.25, 0.3) is 0 Å². The van der Waals surface area contributed by atoms with E-state index in [0.29, 0.717) is 6.54 Å². The van der Waals surface area contributed by atoms with Crippen LogP contribution < -0.4 is 5.32 Å². The first-order valence-corrected chi connectivity index (χ1v) is 6.75. The Morgan fingerprint density at radius 2 is 2.06 bits per heavy atom. The smallest absolute Gasteiger partial charge is 0.323 e. The molecule has 0 aliphatic heterocycles. The molecule has 1 atom stereocenters. The lowest BCUT2D eigenvalue weighted by molar-refractivity contribution is -0.167. The molecule has 0 bridgehead atoms. The molecule has 1 unspecified atom stereocenters. The van der Waals surface area contributed by atoms with Crippen molar-refractivity contribution in [2.45, 2.75) is 32.5 Å². The molecule has 0 spiro atoms. The Balaban J connectivity index is 4.04. The Morgan fingerprint density at radius 3 is 2.50 bits per heavy atom. The number of carbonyl (C=O) groups excluding carboxylic acids is 1. The average molecular weight is 254 g/mol. The van der Waals surface area contributed by atoms with E-state index in [4.69, 9.17) is 9.79 Å². The molecular formula is C8H19N2O5P. The number of hydroxylamine groups is 2. The van der Waals surface area contributed by atoms with E-state index in [1.54, 1.807) is 0 Å². The Kier molecular flexibility index (Phi) is 6.78. The fourth-order valence-electron chi connectivity index (χ4n) is 0.929. The van der Waals surface area contributed by atoms with E-state index in [1.165, 1.54) is 0 Å². The highest BCUT2D eigenvalue weighted by atomic mass is 31.2. The minimum atomic E-state index is -4.48. The molecule has 0 aromatic rings. The normalized spacial score (nSPS) is 13.6. The minimum absolute atomic E-state index is 0.0831. The number of rotatable bonds is 7. The van der Waals surface area contributed by atoms with Gasteiger partial charge >= 0.3 is 7.60 Å². The number of carbonyl (C=O) groups is 1. The van der Waals surface area contributed by atoms with Crippen molar-refractivity contribution in [3.63, 3.8) is 0 Å². The largest absolute Gasteiger partial charge is 0.350 e. The van der Waals surface area contributed by atoms with Crippen molar-refractivity contribution in [1.29, 1.82) is 0 Å². The minimum Gasteiger partial charge on any atom is -0.323 e. The summed E-state index contributed by atoms with van der Waals surface area (Å²) in [6.45, 7) is 3.57. The third-order valence-corrected chi connectivity index (χ3v) is 3.27. The van der Waals surface area contributed by atoms with Gasteiger partial charge in [-0.15, -0.1) is 0 Å². The highest BCUT2D eigenvalue weighted by Gasteiger charge is 2.32. The van der Waals surface area contributed by atoms with Crippen molar-refractivity contribution in [3.05, 3.63) is 0 Å². The molecule has 7 nitrogen and oxygen atoms in total. The summed E-state index contributed by atoms with van der Waals surface area (Å²) in [6, 6.07) is 0. The molecule has 0 rings (SSSR count). The zero-order chi connectivity index (χ0) is 12.8. The van der Waals surface area contributed by atoms with Crippen LogP contribution in [-0.4, -0.2) is 44.8 Å². The molecule has 0 saturated heterocycles. The third kappa shape index (κ3) is 5.58. The Morgan fingerprint density at radius 1 is 1.50 bits per heavy atom. The average Bonchev–Trinajstić information content (AvgIpc) is 2.20. The van der Waals surface area contributed by atoms with Crippen LogP contribution >= 0.6 is 7.60 Å². The SMILES string of the molecule is CCCCNCC(=O)N(O)C(C)P(=O)(O)O. The molecule has 0 saturated carbocycles.